The second-order valence-electron chi connectivity index (χ2n) is 2.04. The standard InChI is InChI=1S/C6H13.C2H5.La/c1-4-5-6(2)3;1-2;/h6H,1,4-5H2,2-3H3;1H2,2H3;/q2*-1;. The molecular weight excluding hydrogens is 235 g/mol. The molecule has 0 unspecified atom stereocenters. The molecule has 0 N–H and O–H groups in total. The van der Waals surface area contributed by atoms with Crippen molar-refractivity contribution < 1.29 is 35.6 Å². The zero-order valence-electron chi connectivity index (χ0n) is 6.98. The SMILES string of the molecule is [CH2-]C.[CH2-]CCC(C)C.[La]. The fraction of sp³-hybridized carbons (Fsp3) is 0.750. The van der Waals surface area contributed by atoms with Gasteiger partial charge in [0, 0.05) is 35.6 Å². The summed E-state index contributed by atoms with van der Waals surface area (Å²) in [5.74, 6) is 0.836. The molecule has 0 saturated heterocycles. The Hall–Kier alpha value is 1.19. The van der Waals surface area contributed by atoms with Crippen LogP contribution in [0.2, 0.25) is 0 Å². The van der Waals surface area contributed by atoms with E-state index < -0.39 is 0 Å². The molecule has 0 rings (SSSR count). The van der Waals surface area contributed by atoms with Crippen LogP contribution in [0.15, 0.2) is 0 Å². The van der Waals surface area contributed by atoms with Gasteiger partial charge in [0.1, 0.15) is 0 Å². The summed E-state index contributed by atoms with van der Waals surface area (Å²) in [6.07, 6.45) is 2.34. The predicted molar refractivity (Wildman–Crippen MR) is 40.5 cm³/mol. The molecule has 0 nitrogen and oxygen atoms in total. The maximum atomic E-state index is 3.73. The normalized spacial score (nSPS) is 7.33. The van der Waals surface area contributed by atoms with E-state index in [1.54, 1.807) is 6.92 Å². The smallest absolute Gasteiger partial charge is 0 e. The van der Waals surface area contributed by atoms with Crippen LogP contribution in [0, 0.1) is 55.4 Å². The molecule has 0 spiro atoms. The maximum absolute atomic E-state index is 3.73. The fourth-order valence-electron chi connectivity index (χ4n) is 0.408. The Balaban J connectivity index is -0.000000109. The minimum absolute atomic E-state index is 0. The van der Waals surface area contributed by atoms with Crippen molar-refractivity contribution in [2.75, 3.05) is 0 Å². The number of rotatable bonds is 2. The third-order valence-electron chi connectivity index (χ3n) is 0.781. The summed E-state index contributed by atoms with van der Waals surface area (Å²) in [5, 5.41) is 0. The molecule has 0 amide bonds. The Morgan fingerprint density at radius 1 is 1.22 bits per heavy atom. The van der Waals surface area contributed by atoms with Gasteiger partial charge in [-0.15, -0.1) is 0 Å². The van der Waals surface area contributed by atoms with Gasteiger partial charge in [-0.1, -0.05) is 20.3 Å². The summed E-state index contributed by atoms with van der Waals surface area (Å²) in [6, 6.07) is 0. The largest absolute Gasteiger partial charge is 0.346 e. The molecule has 0 aliphatic carbocycles. The van der Waals surface area contributed by atoms with Crippen molar-refractivity contribution in [1.29, 1.82) is 0 Å². The molecule has 0 aliphatic heterocycles. The Kier molecular flexibility index (Phi) is 29.8. The van der Waals surface area contributed by atoms with E-state index in [2.05, 4.69) is 27.7 Å². The molecule has 0 fully saturated rings. The molecular formula is C8H18La-2. The summed E-state index contributed by atoms with van der Waals surface area (Å²) in [6.45, 7) is 13.2. The Morgan fingerprint density at radius 3 is 1.56 bits per heavy atom. The molecule has 0 atom stereocenters. The average Bonchev–Trinajstić information content (AvgIpc) is 1.72. The molecule has 0 saturated carbocycles. The summed E-state index contributed by atoms with van der Waals surface area (Å²) in [4.78, 5) is 0. The molecule has 0 heterocycles. The predicted octanol–water partition coefficient (Wildman–Crippen LogP) is 3.10. The van der Waals surface area contributed by atoms with E-state index in [0.29, 0.717) is 0 Å². The first-order valence-electron chi connectivity index (χ1n) is 3.27. The Bertz CT molecular complexity index is 25.7. The molecule has 55 valence electrons. The van der Waals surface area contributed by atoms with Gasteiger partial charge in [0.2, 0.25) is 0 Å². The number of hydrogen-bond acceptors (Lipinski definition) is 0. The molecule has 0 aromatic carbocycles. The maximum Gasteiger partial charge on any atom is 0 e. The minimum atomic E-state index is 0. The second kappa shape index (κ2) is 16.1. The third kappa shape index (κ3) is 27.0. The first-order chi connectivity index (χ1) is 3.77. The van der Waals surface area contributed by atoms with Crippen LogP contribution in [0.5, 0.6) is 0 Å². The zero-order valence-corrected chi connectivity index (χ0v) is 10.6. The Labute approximate surface area is 88.4 Å². The Morgan fingerprint density at radius 2 is 1.56 bits per heavy atom. The van der Waals surface area contributed by atoms with Crippen LogP contribution in [-0.2, 0) is 0 Å². The van der Waals surface area contributed by atoms with E-state index in [1.165, 1.54) is 6.42 Å². The molecule has 9 heavy (non-hydrogen) atoms. The van der Waals surface area contributed by atoms with Crippen molar-refractivity contribution in [2.24, 2.45) is 5.92 Å². The topological polar surface area (TPSA) is 0 Å². The van der Waals surface area contributed by atoms with Crippen LogP contribution in [0.3, 0.4) is 0 Å². The van der Waals surface area contributed by atoms with Crippen molar-refractivity contribution in [3.8, 4) is 0 Å². The molecule has 1 heteroatoms. The first-order valence-corrected chi connectivity index (χ1v) is 3.27. The van der Waals surface area contributed by atoms with Gasteiger partial charge in [0.25, 0.3) is 0 Å². The van der Waals surface area contributed by atoms with Gasteiger partial charge < -0.3 is 13.8 Å². The fourth-order valence-corrected chi connectivity index (χ4v) is 0.408. The van der Waals surface area contributed by atoms with Crippen LogP contribution in [0.4, 0.5) is 0 Å². The van der Waals surface area contributed by atoms with Gasteiger partial charge in [-0.2, -0.15) is 13.3 Å². The van der Waals surface area contributed by atoms with Crippen LogP contribution < -0.4 is 0 Å². The summed E-state index contributed by atoms with van der Waals surface area (Å²) in [5.41, 5.74) is 0. The van der Waals surface area contributed by atoms with E-state index in [4.69, 9.17) is 0 Å². The van der Waals surface area contributed by atoms with Crippen molar-refractivity contribution in [1.82, 2.24) is 0 Å². The quantitative estimate of drug-likeness (QED) is 0.663. The van der Waals surface area contributed by atoms with E-state index in [0.717, 1.165) is 12.3 Å². The summed E-state index contributed by atoms with van der Waals surface area (Å²) in [7, 11) is 0. The van der Waals surface area contributed by atoms with Crippen molar-refractivity contribution >= 4 is 0 Å². The van der Waals surface area contributed by atoms with Gasteiger partial charge in [0.15, 0.2) is 0 Å². The van der Waals surface area contributed by atoms with Crippen LogP contribution in [0.1, 0.15) is 33.6 Å². The second-order valence-corrected chi connectivity index (χ2v) is 2.04. The average molecular weight is 253 g/mol. The summed E-state index contributed by atoms with van der Waals surface area (Å²) < 4.78 is 0. The van der Waals surface area contributed by atoms with Gasteiger partial charge in [-0.25, -0.2) is 0 Å². The van der Waals surface area contributed by atoms with Gasteiger partial charge in [-0.05, 0) is 5.92 Å². The summed E-state index contributed by atoms with van der Waals surface area (Å²) >= 11 is 0. The van der Waals surface area contributed by atoms with E-state index in [1.807, 2.05) is 0 Å². The van der Waals surface area contributed by atoms with E-state index >= 15 is 0 Å². The van der Waals surface area contributed by atoms with E-state index in [-0.39, 0.29) is 35.6 Å². The monoisotopic (exact) mass is 253 g/mol. The van der Waals surface area contributed by atoms with Gasteiger partial charge in [-0.3, -0.25) is 0 Å². The van der Waals surface area contributed by atoms with Gasteiger partial charge in [0.05, 0.1) is 0 Å². The van der Waals surface area contributed by atoms with Crippen LogP contribution in [-0.4, -0.2) is 0 Å². The molecule has 0 aromatic heterocycles. The van der Waals surface area contributed by atoms with Crippen molar-refractivity contribution in [3.05, 3.63) is 13.8 Å². The first kappa shape index (κ1) is 16.7. The molecule has 0 aliphatic rings. The molecule has 0 bridgehead atoms. The zero-order chi connectivity index (χ0) is 6.99. The van der Waals surface area contributed by atoms with Crippen molar-refractivity contribution in [2.45, 2.75) is 33.6 Å². The number of hydrogen-bond donors (Lipinski definition) is 0. The van der Waals surface area contributed by atoms with Crippen molar-refractivity contribution in [3.63, 3.8) is 0 Å². The van der Waals surface area contributed by atoms with Crippen LogP contribution in [0.25, 0.3) is 0 Å². The third-order valence-corrected chi connectivity index (χ3v) is 0.781. The van der Waals surface area contributed by atoms with Gasteiger partial charge >= 0.3 is 0 Å². The minimum Gasteiger partial charge on any atom is -0.346 e. The molecule has 1 radical (unpaired) electrons. The molecule has 0 aromatic rings. The van der Waals surface area contributed by atoms with E-state index in [9.17, 15) is 0 Å². The van der Waals surface area contributed by atoms with Crippen LogP contribution >= 0.6 is 0 Å².